The van der Waals surface area contributed by atoms with E-state index in [9.17, 15) is 4.79 Å². The van der Waals surface area contributed by atoms with Crippen molar-refractivity contribution in [2.24, 2.45) is 0 Å². The van der Waals surface area contributed by atoms with Crippen LogP contribution in [-0.2, 0) is 0 Å². The number of carbonyl (C=O) groups is 1. The molecule has 5 nitrogen and oxygen atoms in total. The molecular weight excluding hydrogens is 437 g/mol. The molecule has 0 spiro atoms. The molecule has 2 rings (SSSR count). The van der Waals surface area contributed by atoms with Gasteiger partial charge in [-0.1, -0.05) is 0 Å². The highest BCUT2D eigenvalue weighted by molar-refractivity contribution is 14.1. The fourth-order valence-electron chi connectivity index (χ4n) is 1.94. The third-order valence-electron chi connectivity index (χ3n) is 2.99. The van der Waals surface area contributed by atoms with Gasteiger partial charge in [0, 0.05) is 15.3 Å². The van der Waals surface area contributed by atoms with Gasteiger partial charge in [0.25, 0.3) is 5.91 Å². The quantitative estimate of drug-likeness (QED) is 0.541. The molecule has 24 heavy (non-hydrogen) atoms. The van der Waals surface area contributed by atoms with E-state index in [4.69, 9.17) is 17.0 Å². The van der Waals surface area contributed by atoms with Crippen LogP contribution in [0.3, 0.4) is 0 Å². The smallest absolute Gasteiger partial charge is 0.257 e. The van der Waals surface area contributed by atoms with E-state index in [1.165, 1.54) is 0 Å². The summed E-state index contributed by atoms with van der Waals surface area (Å²) in [5.41, 5.74) is 1.45. The standard InChI is InChI=1S/C17H18IN3O2S/c1-10(2)23-14-6-4-12(5-7-14)16(22)21-17(24)20-15-11(3)8-13(18)9-19-15/h4-10H,1-3H3,(H2,19,20,21,22,24). The van der Waals surface area contributed by atoms with Gasteiger partial charge in [-0.3, -0.25) is 10.1 Å². The van der Waals surface area contributed by atoms with E-state index < -0.39 is 0 Å². The Labute approximate surface area is 160 Å². The van der Waals surface area contributed by atoms with E-state index >= 15 is 0 Å². The number of amides is 1. The Kier molecular flexibility index (Phi) is 6.50. The van der Waals surface area contributed by atoms with Crippen molar-refractivity contribution >= 4 is 51.6 Å². The normalized spacial score (nSPS) is 10.4. The first-order valence-electron chi connectivity index (χ1n) is 7.36. The summed E-state index contributed by atoms with van der Waals surface area (Å²) in [4.78, 5) is 16.5. The maximum atomic E-state index is 12.2. The minimum absolute atomic E-state index is 0.0890. The SMILES string of the molecule is Cc1cc(I)cnc1NC(=S)NC(=O)c1ccc(OC(C)C)cc1. The summed E-state index contributed by atoms with van der Waals surface area (Å²) in [6.45, 7) is 5.83. The van der Waals surface area contributed by atoms with Gasteiger partial charge in [0.05, 0.1) is 6.10 Å². The second-order valence-electron chi connectivity index (χ2n) is 5.42. The van der Waals surface area contributed by atoms with E-state index in [-0.39, 0.29) is 17.1 Å². The number of pyridine rings is 1. The largest absolute Gasteiger partial charge is 0.491 e. The zero-order chi connectivity index (χ0) is 17.7. The summed E-state index contributed by atoms with van der Waals surface area (Å²) in [5.74, 6) is 1.06. The zero-order valence-corrected chi connectivity index (χ0v) is 16.6. The fourth-order valence-corrected chi connectivity index (χ4v) is 2.74. The topological polar surface area (TPSA) is 63.2 Å². The molecule has 0 atom stereocenters. The molecule has 126 valence electrons. The first-order chi connectivity index (χ1) is 11.3. The second kappa shape index (κ2) is 8.39. The second-order valence-corrected chi connectivity index (χ2v) is 7.07. The monoisotopic (exact) mass is 455 g/mol. The molecule has 7 heteroatoms. The van der Waals surface area contributed by atoms with Crippen molar-refractivity contribution in [2.75, 3.05) is 5.32 Å². The average Bonchev–Trinajstić information content (AvgIpc) is 2.50. The van der Waals surface area contributed by atoms with Crippen LogP contribution in [0.4, 0.5) is 5.82 Å². The van der Waals surface area contributed by atoms with Crippen LogP contribution in [0.1, 0.15) is 29.8 Å². The molecule has 1 aromatic heterocycles. The predicted octanol–water partition coefficient (Wildman–Crippen LogP) is 3.91. The molecule has 0 saturated heterocycles. The number of benzene rings is 1. The summed E-state index contributed by atoms with van der Waals surface area (Å²) < 4.78 is 6.59. The van der Waals surface area contributed by atoms with Gasteiger partial charge in [0.15, 0.2) is 5.11 Å². The number of hydrogen-bond acceptors (Lipinski definition) is 4. The van der Waals surface area contributed by atoms with Crippen LogP contribution in [0.25, 0.3) is 0 Å². The Balaban J connectivity index is 1.97. The first-order valence-corrected chi connectivity index (χ1v) is 8.85. The Hall–Kier alpha value is -1.74. The minimum atomic E-state index is -0.285. The van der Waals surface area contributed by atoms with E-state index in [1.54, 1.807) is 30.5 Å². The average molecular weight is 455 g/mol. The molecule has 1 heterocycles. The lowest BCUT2D eigenvalue weighted by Gasteiger charge is -2.12. The van der Waals surface area contributed by atoms with Crippen molar-refractivity contribution in [3.8, 4) is 5.75 Å². The van der Waals surface area contributed by atoms with Crippen LogP contribution >= 0.6 is 34.8 Å². The highest BCUT2D eigenvalue weighted by atomic mass is 127. The van der Waals surface area contributed by atoms with Gasteiger partial charge < -0.3 is 10.1 Å². The molecular formula is C17H18IN3O2S. The molecule has 2 N–H and O–H groups in total. The summed E-state index contributed by atoms with van der Waals surface area (Å²) in [5, 5.41) is 5.79. The predicted molar refractivity (Wildman–Crippen MR) is 108 cm³/mol. The number of ether oxygens (including phenoxy) is 1. The summed E-state index contributed by atoms with van der Waals surface area (Å²) >= 11 is 7.37. The maximum Gasteiger partial charge on any atom is 0.257 e. The number of aryl methyl sites for hydroxylation is 1. The van der Waals surface area contributed by atoms with Gasteiger partial charge in [0.1, 0.15) is 11.6 Å². The number of halogens is 1. The highest BCUT2D eigenvalue weighted by Crippen LogP contribution is 2.15. The number of aromatic nitrogens is 1. The lowest BCUT2D eigenvalue weighted by atomic mass is 10.2. The van der Waals surface area contributed by atoms with E-state index in [0.717, 1.165) is 14.9 Å². The van der Waals surface area contributed by atoms with E-state index in [1.807, 2.05) is 26.8 Å². The highest BCUT2D eigenvalue weighted by Gasteiger charge is 2.10. The molecule has 0 bridgehead atoms. The molecule has 0 aliphatic rings. The van der Waals surface area contributed by atoms with E-state index in [2.05, 4.69) is 38.2 Å². The third kappa shape index (κ3) is 5.41. The fraction of sp³-hybridized carbons (Fsp3) is 0.235. The lowest BCUT2D eigenvalue weighted by Crippen LogP contribution is -2.34. The Bertz CT molecular complexity index is 748. The third-order valence-corrected chi connectivity index (χ3v) is 3.79. The van der Waals surface area contributed by atoms with Crippen LogP contribution in [0.2, 0.25) is 0 Å². The number of hydrogen-bond donors (Lipinski definition) is 2. The van der Waals surface area contributed by atoms with Crippen molar-refractivity contribution in [1.82, 2.24) is 10.3 Å². The Morgan fingerprint density at radius 2 is 1.96 bits per heavy atom. The number of rotatable bonds is 4. The van der Waals surface area contributed by atoms with E-state index in [0.29, 0.717) is 11.4 Å². The molecule has 2 aromatic rings. The van der Waals surface area contributed by atoms with Gasteiger partial charge in [0.2, 0.25) is 0 Å². The van der Waals surface area contributed by atoms with Gasteiger partial charge >= 0.3 is 0 Å². The maximum absolute atomic E-state index is 12.2. The van der Waals surface area contributed by atoms with Gasteiger partial charge in [-0.15, -0.1) is 0 Å². The number of thiocarbonyl (C=S) groups is 1. The molecule has 0 saturated carbocycles. The van der Waals surface area contributed by atoms with Crippen molar-refractivity contribution in [3.05, 3.63) is 51.2 Å². The lowest BCUT2D eigenvalue weighted by molar-refractivity contribution is 0.0977. The van der Waals surface area contributed by atoms with Crippen LogP contribution in [0, 0.1) is 10.5 Å². The molecule has 1 aromatic carbocycles. The molecule has 1 amide bonds. The van der Waals surface area contributed by atoms with Crippen LogP contribution in [0.15, 0.2) is 36.5 Å². The number of carbonyl (C=O) groups excluding carboxylic acids is 1. The number of nitrogens with zero attached hydrogens (tertiary/aromatic N) is 1. The Morgan fingerprint density at radius 3 is 2.54 bits per heavy atom. The Morgan fingerprint density at radius 1 is 1.29 bits per heavy atom. The van der Waals surface area contributed by atoms with Gasteiger partial charge in [-0.2, -0.15) is 0 Å². The molecule has 0 aliphatic heterocycles. The minimum Gasteiger partial charge on any atom is -0.491 e. The van der Waals surface area contributed by atoms with Crippen molar-refractivity contribution in [2.45, 2.75) is 26.9 Å². The van der Waals surface area contributed by atoms with Crippen molar-refractivity contribution < 1.29 is 9.53 Å². The molecule has 0 radical (unpaired) electrons. The summed E-state index contributed by atoms with van der Waals surface area (Å²) in [6.07, 6.45) is 1.82. The van der Waals surface area contributed by atoms with Crippen LogP contribution < -0.4 is 15.4 Å². The van der Waals surface area contributed by atoms with Crippen molar-refractivity contribution in [1.29, 1.82) is 0 Å². The number of nitrogens with one attached hydrogen (secondary N) is 2. The number of anilines is 1. The molecule has 0 unspecified atom stereocenters. The zero-order valence-electron chi connectivity index (χ0n) is 13.6. The van der Waals surface area contributed by atoms with Gasteiger partial charge in [-0.25, -0.2) is 4.98 Å². The molecule has 0 aliphatic carbocycles. The van der Waals surface area contributed by atoms with Crippen LogP contribution in [-0.4, -0.2) is 22.1 Å². The van der Waals surface area contributed by atoms with Crippen LogP contribution in [0.5, 0.6) is 5.75 Å². The molecule has 0 fully saturated rings. The van der Waals surface area contributed by atoms with Crippen molar-refractivity contribution in [3.63, 3.8) is 0 Å². The first kappa shape index (κ1) is 18.6. The summed E-state index contributed by atoms with van der Waals surface area (Å²) in [6, 6.07) is 8.90. The van der Waals surface area contributed by atoms with Gasteiger partial charge in [-0.05, 0) is 91.5 Å². The summed E-state index contributed by atoms with van der Waals surface area (Å²) in [7, 11) is 0.